The van der Waals surface area contributed by atoms with Gasteiger partial charge in [0.2, 0.25) is 0 Å². The lowest BCUT2D eigenvalue weighted by atomic mass is 9.72. The number of carbonyl (C=O) groups is 1. The van der Waals surface area contributed by atoms with Crippen molar-refractivity contribution in [3.63, 3.8) is 0 Å². The summed E-state index contributed by atoms with van der Waals surface area (Å²) in [6.07, 6.45) is 22.4. The Labute approximate surface area is 210 Å². The number of carbonyl (C=O) groups excluding carboxylic acids is 1. The maximum Gasteiger partial charge on any atom is 0.306 e. The molecule has 34 heavy (non-hydrogen) atoms. The molecule has 4 heteroatoms. The molecule has 0 aliphatic heterocycles. The Bertz CT molecular complexity index is 503. The van der Waals surface area contributed by atoms with Gasteiger partial charge in [0, 0.05) is 13.0 Å². The third-order valence-electron chi connectivity index (χ3n) is 8.25. The molecule has 200 valence electrons. The smallest absolute Gasteiger partial charge is 0.306 e. The van der Waals surface area contributed by atoms with Crippen LogP contribution in [0.2, 0.25) is 0 Å². The maximum absolute atomic E-state index is 14.8. The number of halogens is 1. The molecule has 3 unspecified atom stereocenters. The molecular weight excluding hydrogens is 427 g/mol. The zero-order valence-corrected chi connectivity index (χ0v) is 22.5. The van der Waals surface area contributed by atoms with E-state index in [9.17, 15) is 9.18 Å². The summed E-state index contributed by atoms with van der Waals surface area (Å²) >= 11 is 0. The molecule has 0 amide bonds. The summed E-state index contributed by atoms with van der Waals surface area (Å²) in [4.78, 5) is 12.2. The Kier molecular flexibility index (Phi) is 16.2. The van der Waals surface area contributed by atoms with Crippen molar-refractivity contribution in [2.24, 2.45) is 11.8 Å². The van der Waals surface area contributed by atoms with Crippen LogP contribution in [0.3, 0.4) is 0 Å². The van der Waals surface area contributed by atoms with Crippen molar-refractivity contribution in [3.05, 3.63) is 0 Å². The normalized spacial score (nSPS) is 27.6. The second-order valence-corrected chi connectivity index (χ2v) is 11.2. The summed E-state index contributed by atoms with van der Waals surface area (Å²) < 4.78 is 26.5. The molecule has 0 bridgehead atoms. The number of hydrogen-bond acceptors (Lipinski definition) is 3. The molecule has 2 fully saturated rings. The molecule has 0 saturated heterocycles. The average molecular weight is 483 g/mol. The van der Waals surface area contributed by atoms with Gasteiger partial charge in [0.1, 0.15) is 12.3 Å². The van der Waals surface area contributed by atoms with Gasteiger partial charge in [0.25, 0.3) is 0 Å². The van der Waals surface area contributed by atoms with Crippen LogP contribution in [0.15, 0.2) is 0 Å². The summed E-state index contributed by atoms with van der Waals surface area (Å²) in [5, 5.41) is 0. The molecule has 2 rings (SSSR count). The predicted molar refractivity (Wildman–Crippen MR) is 140 cm³/mol. The highest BCUT2D eigenvalue weighted by molar-refractivity contribution is 5.69. The van der Waals surface area contributed by atoms with Crippen molar-refractivity contribution in [2.45, 2.75) is 167 Å². The van der Waals surface area contributed by atoms with E-state index in [-0.39, 0.29) is 18.2 Å². The van der Waals surface area contributed by atoms with Gasteiger partial charge >= 0.3 is 5.97 Å². The lowest BCUT2D eigenvalue weighted by molar-refractivity contribution is -0.151. The molecule has 0 aromatic heterocycles. The van der Waals surface area contributed by atoms with E-state index >= 15 is 0 Å². The molecule has 0 spiro atoms. The van der Waals surface area contributed by atoms with Crippen molar-refractivity contribution in [2.75, 3.05) is 6.61 Å². The minimum absolute atomic E-state index is 0.0103. The summed E-state index contributed by atoms with van der Waals surface area (Å²) in [5.74, 6) is 1.06. The number of unbranched alkanes of at least 4 members (excludes halogenated alkanes) is 11. The molecule has 0 aromatic carbocycles. The van der Waals surface area contributed by atoms with Crippen LogP contribution >= 0.6 is 0 Å². The van der Waals surface area contributed by atoms with Gasteiger partial charge in [-0.3, -0.25) is 4.79 Å². The Morgan fingerprint density at radius 1 is 0.706 bits per heavy atom. The summed E-state index contributed by atoms with van der Waals surface area (Å²) in [7, 11) is 0. The molecule has 2 aliphatic rings. The number of ether oxygens (including phenoxy) is 2. The van der Waals surface area contributed by atoms with Crippen molar-refractivity contribution < 1.29 is 18.7 Å². The van der Waals surface area contributed by atoms with Crippen molar-refractivity contribution in [1.82, 2.24) is 0 Å². The Hall–Kier alpha value is -0.640. The van der Waals surface area contributed by atoms with Crippen LogP contribution in [0.25, 0.3) is 0 Å². The average Bonchev–Trinajstić information content (AvgIpc) is 2.84. The Morgan fingerprint density at radius 2 is 1.26 bits per heavy atom. The lowest BCUT2D eigenvalue weighted by Crippen LogP contribution is -2.37. The summed E-state index contributed by atoms with van der Waals surface area (Å²) in [6.45, 7) is 5.19. The second kappa shape index (κ2) is 18.6. The van der Waals surface area contributed by atoms with Gasteiger partial charge in [0.15, 0.2) is 0 Å². The molecule has 3 atom stereocenters. The summed E-state index contributed by atoms with van der Waals surface area (Å²) in [5.41, 5.74) is 0. The van der Waals surface area contributed by atoms with Crippen LogP contribution in [0, 0.1) is 11.8 Å². The number of hydrogen-bond donors (Lipinski definition) is 0. The largest absolute Gasteiger partial charge is 0.462 e. The fraction of sp³-hybridized carbons (Fsp3) is 0.967. The molecular formula is C30H55FO3. The third kappa shape index (κ3) is 12.4. The van der Waals surface area contributed by atoms with E-state index in [0.29, 0.717) is 24.7 Å². The highest BCUT2D eigenvalue weighted by Crippen LogP contribution is 2.40. The topological polar surface area (TPSA) is 35.5 Å². The van der Waals surface area contributed by atoms with Gasteiger partial charge in [-0.15, -0.1) is 0 Å². The molecule has 0 N–H and O–H groups in total. The maximum atomic E-state index is 14.8. The van der Waals surface area contributed by atoms with Crippen LogP contribution in [0.4, 0.5) is 4.39 Å². The standard InChI is InChI=1S/C30H55FO3/c1-3-5-7-9-11-12-14-16-30(32)34-27-20-17-25(18-21-27)26-19-22-29(28(31)24-26)33-23-15-13-10-8-6-4-2/h25-29H,3-24H2,1-2H3. The van der Waals surface area contributed by atoms with Gasteiger partial charge in [-0.1, -0.05) is 84.5 Å². The quantitative estimate of drug-likeness (QED) is 0.144. The van der Waals surface area contributed by atoms with Gasteiger partial charge in [0.05, 0.1) is 6.10 Å². The Balaban J connectivity index is 1.51. The molecule has 0 aromatic rings. The summed E-state index contributed by atoms with van der Waals surface area (Å²) in [6, 6.07) is 0. The zero-order valence-electron chi connectivity index (χ0n) is 22.5. The minimum atomic E-state index is -0.809. The molecule has 3 nitrogen and oxygen atoms in total. The lowest BCUT2D eigenvalue weighted by Gasteiger charge is -2.39. The highest BCUT2D eigenvalue weighted by atomic mass is 19.1. The number of rotatable bonds is 18. The Morgan fingerprint density at radius 3 is 1.88 bits per heavy atom. The number of alkyl halides is 1. The van der Waals surface area contributed by atoms with E-state index in [1.807, 2.05) is 0 Å². The molecule has 2 aliphatic carbocycles. The fourth-order valence-electron chi connectivity index (χ4n) is 6.00. The van der Waals surface area contributed by atoms with E-state index < -0.39 is 6.17 Å². The SMILES string of the molecule is CCCCCCCCCC(=O)OC1CCC(C2CCC(OCCCCCCCC)C(F)C2)CC1. The van der Waals surface area contributed by atoms with E-state index in [2.05, 4.69) is 13.8 Å². The first-order chi connectivity index (χ1) is 16.6. The van der Waals surface area contributed by atoms with Gasteiger partial charge in [-0.2, -0.15) is 0 Å². The van der Waals surface area contributed by atoms with Crippen molar-refractivity contribution in [3.8, 4) is 0 Å². The van der Waals surface area contributed by atoms with Crippen LogP contribution in [0.5, 0.6) is 0 Å². The van der Waals surface area contributed by atoms with Gasteiger partial charge < -0.3 is 9.47 Å². The predicted octanol–water partition coefficient (Wildman–Crippen LogP) is 9.11. The minimum Gasteiger partial charge on any atom is -0.462 e. The van der Waals surface area contributed by atoms with Crippen LogP contribution in [-0.2, 0) is 14.3 Å². The van der Waals surface area contributed by atoms with E-state index in [4.69, 9.17) is 9.47 Å². The fourth-order valence-corrected chi connectivity index (χ4v) is 6.00. The zero-order chi connectivity index (χ0) is 24.4. The molecule has 2 saturated carbocycles. The number of esters is 1. The van der Waals surface area contributed by atoms with E-state index in [1.165, 1.54) is 64.2 Å². The first-order valence-electron chi connectivity index (χ1n) is 15.1. The second-order valence-electron chi connectivity index (χ2n) is 11.2. The van der Waals surface area contributed by atoms with Gasteiger partial charge in [-0.05, 0) is 69.6 Å². The monoisotopic (exact) mass is 482 g/mol. The van der Waals surface area contributed by atoms with Crippen LogP contribution in [0.1, 0.15) is 149 Å². The van der Waals surface area contributed by atoms with Gasteiger partial charge in [-0.25, -0.2) is 4.39 Å². The van der Waals surface area contributed by atoms with Crippen LogP contribution in [-0.4, -0.2) is 31.0 Å². The molecule has 0 radical (unpaired) electrons. The van der Waals surface area contributed by atoms with Crippen LogP contribution < -0.4 is 0 Å². The highest BCUT2D eigenvalue weighted by Gasteiger charge is 2.36. The van der Waals surface area contributed by atoms with E-state index in [1.54, 1.807) is 0 Å². The van der Waals surface area contributed by atoms with E-state index in [0.717, 1.165) is 64.4 Å². The van der Waals surface area contributed by atoms with Crippen molar-refractivity contribution >= 4 is 5.97 Å². The third-order valence-corrected chi connectivity index (χ3v) is 8.25. The molecule has 0 heterocycles. The first kappa shape index (κ1) is 29.6. The van der Waals surface area contributed by atoms with Crippen molar-refractivity contribution in [1.29, 1.82) is 0 Å². The first-order valence-corrected chi connectivity index (χ1v) is 15.1.